The minimum absolute atomic E-state index is 0.0825. The van der Waals surface area contributed by atoms with Crippen LogP contribution in [0.15, 0.2) is 53.7 Å². The first-order valence-corrected chi connectivity index (χ1v) is 9.67. The van der Waals surface area contributed by atoms with E-state index in [-0.39, 0.29) is 16.9 Å². The second kappa shape index (κ2) is 7.08. The summed E-state index contributed by atoms with van der Waals surface area (Å²) in [4.78, 5) is 14.8. The zero-order chi connectivity index (χ0) is 19.0. The van der Waals surface area contributed by atoms with Crippen molar-refractivity contribution in [3.8, 4) is 17.1 Å². The number of anilines is 1. The number of thioether (sulfide) groups is 1. The van der Waals surface area contributed by atoms with Gasteiger partial charge in [0.15, 0.2) is 11.0 Å². The molecule has 0 fully saturated rings. The van der Waals surface area contributed by atoms with E-state index < -0.39 is 0 Å². The molecule has 1 N–H and O–H groups in total. The lowest BCUT2D eigenvalue weighted by atomic mass is 10.2. The third-order valence-corrected chi connectivity index (χ3v) is 5.87. The summed E-state index contributed by atoms with van der Waals surface area (Å²) in [6.45, 7) is 2.63. The van der Waals surface area contributed by atoms with Crippen LogP contribution in [0.25, 0.3) is 11.4 Å². The fourth-order valence-corrected chi connectivity index (χ4v) is 4.15. The lowest BCUT2D eigenvalue weighted by Gasteiger charge is -2.21. The number of aromatic nitrogens is 3. The van der Waals surface area contributed by atoms with Crippen molar-refractivity contribution in [2.24, 2.45) is 7.05 Å². The molecule has 3 aromatic rings. The van der Waals surface area contributed by atoms with Gasteiger partial charge in [0.05, 0.1) is 5.25 Å². The number of para-hydroxylation sites is 1. The summed E-state index contributed by atoms with van der Waals surface area (Å²) in [7, 11) is 1.88. The lowest BCUT2D eigenvalue weighted by molar-refractivity contribution is -0.117. The van der Waals surface area contributed by atoms with E-state index in [0.717, 1.165) is 24.2 Å². The van der Waals surface area contributed by atoms with Crippen molar-refractivity contribution >= 4 is 23.4 Å². The quantitative estimate of drug-likeness (QED) is 0.704. The number of nitrogens with zero attached hydrogens (tertiary/aromatic N) is 4. The fraction of sp³-hybridized carbons (Fsp3) is 0.250. The van der Waals surface area contributed by atoms with E-state index in [1.54, 1.807) is 24.3 Å². The van der Waals surface area contributed by atoms with Gasteiger partial charge in [0.1, 0.15) is 5.75 Å². The molecule has 0 radical (unpaired) electrons. The van der Waals surface area contributed by atoms with Crippen molar-refractivity contribution in [2.75, 3.05) is 11.4 Å². The molecule has 2 aromatic carbocycles. The predicted octanol–water partition coefficient (Wildman–Crippen LogP) is 3.26. The second-order valence-electron chi connectivity index (χ2n) is 6.54. The molecule has 6 nitrogen and oxygen atoms in total. The van der Waals surface area contributed by atoms with Crippen molar-refractivity contribution in [3.63, 3.8) is 0 Å². The largest absolute Gasteiger partial charge is 0.508 e. The molecular formula is C20H20N4O2S. The van der Waals surface area contributed by atoms with Crippen LogP contribution in [0, 0.1) is 0 Å². The number of hydrogen-bond donors (Lipinski definition) is 1. The average Bonchev–Trinajstić information content (AvgIpc) is 3.26. The predicted molar refractivity (Wildman–Crippen MR) is 106 cm³/mol. The maximum atomic E-state index is 13.0. The minimum Gasteiger partial charge on any atom is -0.508 e. The summed E-state index contributed by atoms with van der Waals surface area (Å²) in [5.41, 5.74) is 3.09. The molecule has 1 atom stereocenters. The normalized spacial score (nSPS) is 14.2. The number of fused-ring (bicyclic) bond motifs is 1. The molecule has 0 unspecified atom stereocenters. The van der Waals surface area contributed by atoms with Gasteiger partial charge in [0.2, 0.25) is 5.91 Å². The first-order valence-electron chi connectivity index (χ1n) is 8.79. The van der Waals surface area contributed by atoms with Crippen LogP contribution in [-0.2, 0) is 18.3 Å². The van der Waals surface area contributed by atoms with E-state index in [2.05, 4.69) is 16.3 Å². The monoisotopic (exact) mass is 380 g/mol. The van der Waals surface area contributed by atoms with Crippen LogP contribution in [0.4, 0.5) is 5.69 Å². The molecule has 1 aliphatic rings. The number of benzene rings is 2. The highest BCUT2D eigenvalue weighted by Crippen LogP contribution is 2.32. The molecule has 138 valence electrons. The Morgan fingerprint density at radius 1 is 1.15 bits per heavy atom. The number of hydrogen-bond acceptors (Lipinski definition) is 5. The van der Waals surface area contributed by atoms with E-state index in [1.807, 2.05) is 41.6 Å². The third-order valence-electron chi connectivity index (χ3n) is 4.74. The first kappa shape index (κ1) is 17.6. The summed E-state index contributed by atoms with van der Waals surface area (Å²) in [5.74, 6) is 0.989. The van der Waals surface area contributed by atoms with Crippen molar-refractivity contribution in [3.05, 3.63) is 54.1 Å². The summed E-state index contributed by atoms with van der Waals surface area (Å²) in [6, 6.07) is 14.9. The number of phenolic OH excluding ortho intramolecular Hbond substituents is 1. The SMILES string of the molecule is C[C@@H](Sc1nnc(-c2ccc(O)cc2)n1C)C(=O)N1CCc2ccccc21. The Morgan fingerprint density at radius 3 is 2.67 bits per heavy atom. The third kappa shape index (κ3) is 3.30. The average molecular weight is 380 g/mol. The maximum absolute atomic E-state index is 13.0. The van der Waals surface area contributed by atoms with Crippen LogP contribution in [-0.4, -0.2) is 37.6 Å². The van der Waals surface area contributed by atoms with Crippen LogP contribution in [0.3, 0.4) is 0 Å². The van der Waals surface area contributed by atoms with Gasteiger partial charge in [-0.3, -0.25) is 4.79 Å². The minimum atomic E-state index is -0.272. The molecule has 27 heavy (non-hydrogen) atoms. The molecule has 1 amide bonds. The zero-order valence-corrected chi connectivity index (χ0v) is 16.0. The van der Waals surface area contributed by atoms with Gasteiger partial charge in [0, 0.05) is 24.8 Å². The molecule has 2 heterocycles. The molecule has 0 spiro atoms. The second-order valence-corrected chi connectivity index (χ2v) is 7.85. The maximum Gasteiger partial charge on any atom is 0.240 e. The van der Waals surface area contributed by atoms with Gasteiger partial charge in [-0.25, -0.2) is 0 Å². The number of amides is 1. The molecule has 0 saturated carbocycles. The Labute approximate surface area is 161 Å². The van der Waals surface area contributed by atoms with Gasteiger partial charge in [-0.1, -0.05) is 30.0 Å². The summed E-state index contributed by atoms with van der Waals surface area (Å²) in [5, 5.41) is 18.4. The van der Waals surface area contributed by atoms with E-state index in [0.29, 0.717) is 11.0 Å². The standard InChI is InChI=1S/C20H20N4O2S/c1-13(19(26)24-12-11-14-5-3-4-6-17(14)24)27-20-22-21-18(23(20)2)15-7-9-16(25)10-8-15/h3-10,13,25H,11-12H2,1-2H3/t13-/m1/s1. The van der Waals surface area contributed by atoms with Crippen LogP contribution in [0.2, 0.25) is 0 Å². The Balaban J connectivity index is 1.51. The summed E-state index contributed by atoms with van der Waals surface area (Å²) >= 11 is 1.41. The van der Waals surface area contributed by atoms with Gasteiger partial charge >= 0.3 is 0 Å². The molecule has 0 aliphatic carbocycles. The Hall–Kier alpha value is -2.80. The lowest BCUT2D eigenvalue weighted by Crippen LogP contribution is -2.35. The van der Waals surface area contributed by atoms with Crippen molar-refractivity contribution in [1.29, 1.82) is 0 Å². The number of phenols is 1. The fourth-order valence-electron chi connectivity index (χ4n) is 3.27. The number of carbonyl (C=O) groups is 1. The molecule has 0 bridgehead atoms. The summed E-state index contributed by atoms with van der Waals surface area (Å²) in [6.07, 6.45) is 0.897. The zero-order valence-electron chi connectivity index (χ0n) is 15.2. The topological polar surface area (TPSA) is 71.2 Å². The molecule has 4 rings (SSSR count). The first-order chi connectivity index (χ1) is 13.0. The van der Waals surface area contributed by atoms with Crippen molar-refractivity contribution in [1.82, 2.24) is 14.8 Å². The van der Waals surface area contributed by atoms with Crippen molar-refractivity contribution in [2.45, 2.75) is 23.8 Å². The summed E-state index contributed by atoms with van der Waals surface area (Å²) < 4.78 is 1.87. The molecule has 1 aliphatic heterocycles. The van der Waals surface area contributed by atoms with Crippen LogP contribution in [0.5, 0.6) is 5.75 Å². The molecular weight excluding hydrogens is 360 g/mol. The number of carbonyl (C=O) groups excluding carboxylic acids is 1. The smallest absolute Gasteiger partial charge is 0.240 e. The van der Waals surface area contributed by atoms with E-state index >= 15 is 0 Å². The van der Waals surface area contributed by atoms with E-state index in [9.17, 15) is 9.90 Å². The Bertz CT molecular complexity index is 984. The van der Waals surface area contributed by atoms with Gasteiger partial charge < -0.3 is 14.6 Å². The Kier molecular flexibility index (Phi) is 4.61. The van der Waals surface area contributed by atoms with Gasteiger partial charge in [-0.05, 0) is 49.2 Å². The molecule has 1 aromatic heterocycles. The van der Waals surface area contributed by atoms with E-state index in [4.69, 9.17) is 0 Å². The molecule has 7 heteroatoms. The van der Waals surface area contributed by atoms with Gasteiger partial charge in [-0.2, -0.15) is 0 Å². The van der Waals surface area contributed by atoms with Gasteiger partial charge in [0.25, 0.3) is 0 Å². The highest BCUT2D eigenvalue weighted by Gasteiger charge is 2.29. The highest BCUT2D eigenvalue weighted by atomic mass is 32.2. The number of rotatable bonds is 4. The van der Waals surface area contributed by atoms with Crippen LogP contribution >= 0.6 is 11.8 Å². The van der Waals surface area contributed by atoms with Crippen LogP contribution < -0.4 is 4.90 Å². The molecule has 0 saturated heterocycles. The Morgan fingerprint density at radius 2 is 1.89 bits per heavy atom. The number of aromatic hydroxyl groups is 1. The van der Waals surface area contributed by atoms with Gasteiger partial charge in [-0.15, -0.1) is 10.2 Å². The highest BCUT2D eigenvalue weighted by molar-refractivity contribution is 8.00. The van der Waals surface area contributed by atoms with E-state index in [1.165, 1.54) is 17.3 Å². The van der Waals surface area contributed by atoms with Crippen LogP contribution in [0.1, 0.15) is 12.5 Å². The van der Waals surface area contributed by atoms with Crippen molar-refractivity contribution < 1.29 is 9.90 Å².